The van der Waals surface area contributed by atoms with Gasteiger partial charge in [0.25, 0.3) is 5.91 Å². The number of anilines is 1. The predicted molar refractivity (Wildman–Crippen MR) is 110 cm³/mol. The van der Waals surface area contributed by atoms with Gasteiger partial charge in [0.05, 0.1) is 18.4 Å². The van der Waals surface area contributed by atoms with Crippen molar-refractivity contribution in [1.29, 1.82) is 0 Å². The standard InChI is InChI=1S/C22H23N3O5/c1-30-22(29)18(13-14-7-3-2-4-8-14)23-19(26)12-11-17-21(28)24-16-10-6-5-9-15(16)20(27)25-17/h2-10,17-18H,11-13H2,1H3,(H,23,26)(H,24,28)(H,25,27)/t17-,18-/m1/s1. The Balaban J connectivity index is 1.59. The van der Waals surface area contributed by atoms with Gasteiger partial charge in [0.15, 0.2) is 0 Å². The molecule has 3 rings (SSSR count). The summed E-state index contributed by atoms with van der Waals surface area (Å²) in [5.74, 6) is -1.74. The van der Waals surface area contributed by atoms with E-state index in [-0.39, 0.29) is 25.2 Å². The highest BCUT2D eigenvalue weighted by Crippen LogP contribution is 2.19. The number of para-hydroxylation sites is 1. The number of nitrogens with one attached hydrogen (secondary N) is 3. The van der Waals surface area contributed by atoms with Gasteiger partial charge in [-0.1, -0.05) is 42.5 Å². The number of carbonyl (C=O) groups is 4. The van der Waals surface area contributed by atoms with Crippen LogP contribution in [0.2, 0.25) is 0 Å². The highest BCUT2D eigenvalue weighted by Gasteiger charge is 2.29. The van der Waals surface area contributed by atoms with Crippen molar-refractivity contribution in [2.75, 3.05) is 12.4 Å². The van der Waals surface area contributed by atoms with Gasteiger partial charge in [-0.05, 0) is 24.1 Å². The minimum atomic E-state index is -0.860. The van der Waals surface area contributed by atoms with Gasteiger partial charge in [-0.25, -0.2) is 4.79 Å². The average Bonchev–Trinajstić information content (AvgIpc) is 2.87. The van der Waals surface area contributed by atoms with Gasteiger partial charge in [-0.2, -0.15) is 0 Å². The number of ether oxygens (including phenoxy) is 1. The topological polar surface area (TPSA) is 114 Å². The van der Waals surface area contributed by atoms with Crippen molar-refractivity contribution in [2.24, 2.45) is 0 Å². The minimum Gasteiger partial charge on any atom is -0.467 e. The molecule has 1 heterocycles. The van der Waals surface area contributed by atoms with E-state index in [2.05, 4.69) is 16.0 Å². The zero-order valence-electron chi connectivity index (χ0n) is 16.5. The summed E-state index contributed by atoms with van der Waals surface area (Å²) in [7, 11) is 1.26. The molecule has 0 aromatic heterocycles. The number of amides is 3. The number of rotatable bonds is 7. The normalized spacial score (nSPS) is 16.4. The van der Waals surface area contributed by atoms with Crippen LogP contribution in [0.25, 0.3) is 0 Å². The molecule has 0 saturated heterocycles. The molecule has 8 heteroatoms. The molecular formula is C22H23N3O5. The first kappa shape index (κ1) is 21.0. The van der Waals surface area contributed by atoms with Gasteiger partial charge in [-0.15, -0.1) is 0 Å². The molecule has 0 bridgehead atoms. The SMILES string of the molecule is COC(=O)[C@@H](Cc1ccccc1)NC(=O)CC[C@H]1NC(=O)c2ccccc2NC1=O. The van der Waals surface area contributed by atoms with E-state index in [4.69, 9.17) is 4.74 Å². The van der Waals surface area contributed by atoms with Crippen molar-refractivity contribution in [3.63, 3.8) is 0 Å². The second-order valence-electron chi connectivity index (χ2n) is 6.93. The van der Waals surface area contributed by atoms with Gasteiger partial charge in [0.1, 0.15) is 12.1 Å². The van der Waals surface area contributed by atoms with E-state index in [1.54, 1.807) is 24.3 Å². The first-order valence-corrected chi connectivity index (χ1v) is 9.60. The summed E-state index contributed by atoms with van der Waals surface area (Å²) < 4.78 is 4.79. The van der Waals surface area contributed by atoms with Crippen LogP contribution in [0.1, 0.15) is 28.8 Å². The zero-order valence-corrected chi connectivity index (χ0v) is 16.5. The molecule has 0 aliphatic carbocycles. The van der Waals surface area contributed by atoms with Crippen LogP contribution in [0.5, 0.6) is 0 Å². The Hall–Kier alpha value is -3.68. The molecule has 1 aliphatic heterocycles. The maximum atomic E-state index is 12.4. The number of benzene rings is 2. The van der Waals surface area contributed by atoms with Crippen molar-refractivity contribution >= 4 is 29.4 Å². The van der Waals surface area contributed by atoms with Gasteiger partial charge >= 0.3 is 5.97 Å². The molecular weight excluding hydrogens is 386 g/mol. The lowest BCUT2D eigenvalue weighted by Crippen LogP contribution is -2.45. The van der Waals surface area contributed by atoms with E-state index < -0.39 is 29.9 Å². The van der Waals surface area contributed by atoms with Crippen molar-refractivity contribution in [2.45, 2.75) is 31.3 Å². The molecule has 8 nitrogen and oxygen atoms in total. The molecule has 0 spiro atoms. The van der Waals surface area contributed by atoms with Crippen molar-refractivity contribution in [3.05, 3.63) is 65.7 Å². The molecule has 0 radical (unpaired) electrons. The highest BCUT2D eigenvalue weighted by atomic mass is 16.5. The van der Waals surface area contributed by atoms with Gasteiger partial charge in [-0.3, -0.25) is 14.4 Å². The summed E-state index contributed by atoms with van der Waals surface area (Å²) in [5.41, 5.74) is 1.67. The van der Waals surface area contributed by atoms with Crippen molar-refractivity contribution in [3.8, 4) is 0 Å². The lowest BCUT2D eigenvalue weighted by Gasteiger charge is -2.18. The van der Waals surface area contributed by atoms with Crippen molar-refractivity contribution in [1.82, 2.24) is 10.6 Å². The largest absolute Gasteiger partial charge is 0.467 e. The maximum absolute atomic E-state index is 12.4. The quantitative estimate of drug-likeness (QED) is 0.599. The Labute approximate surface area is 174 Å². The number of methoxy groups -OCH3 is 1. The summed E-state index contributed by atoms with van der Waals surface area (Å²) in [6, 6.07) is 14.2. The summed E-state index contributed by atoms with van der Waals surface area (Å²) in [6.07, 6.45) is 0.336. The summed E-state index contributed by atoms with van der Waals surface area (Å²) >= 11 is 0. The number of esters is 1. The van der Waals surface area contributed by atoms with E-state index in [1.807, 2.05) is 30.3 Å². The number of hydrogen-bond acceptors (Lipinski definition) is 5. The van der Waals surface area contributed by atoms with Crippen LogP contribution < -0.4 is 16.0 Å². The van der Waals surface area contributed by atoms with Crippen LogP contribution in [0.15, 0.2) is 54.6 Å². The molecule has 0 unspecified atom stereocenters. The van der Waals surface area contributed by atoms with Crippen LogP contribution in [0, 0.1) is 0 Å². The zero-order chi connectivity index (χ0) is 21.5. The van der Waals surface area contributed by atoms with Crippen LogP contribution in [0.3, 0.4) is 0 Å². The second kappa shape index (κ2) is 9.69. The second-order valence-corrected chi connectivity index (χ2v) is 6.93. The molecule has 1 aliphatic rings. The van der Waals surface area contributed by atoms with Gasteiger partial charge in [0, 0.05) is 12.8 Å². The monoisotopic (exact) mass is 409 g/mol. The van der Waals surface area contributed by atoms with E-state index in [0.29, 0.717) is 11.3 Å². The Kier molecular flexibility index (Phi) is 6.79. The van der Waals surface area contributed by atoms with E-state index >= 15 is 0 Å². The third kappa shape index (κ3) is 5.22. The molecule has 0 fully saturated rings. The maximum Gasteiger partial charge on any atom is 0.328 e. The molecule has 2 aromatic rings. The van der Waals surface area contributed by atoms with E-state index in [9.17, 15) is 19.2 Å². The fraction of sp³-hybridized carbons (Fsp3) is 0.273. The highest BCUT2D eigenvalue weighted by molar-refractivity contribution is 6.09. The van der Waals surface area contributed by atoms with Crippen LogP contribution in [-0.2, 0) is 25.5 Å². The molecule has 2 aromatic carbocycles. The molecule has 156 valence electrons. The lowest BCUT2D eigenvalue weighted by molar-refractivity contribution is -0.145. The van der Waals surface area contributed by atoms with E-state index in [1.165, 1.54) is 7.11 Å². The predicted octanol–water partition coefficient (Wildman–Crippen LogP) is 1.42. The molecule has 3 amide bonds. The molecule has 2 atom stereocenters. The Morgan fingerprint density at radius 1 is 1.07 bits per heavy atom. The van der Waals surface area contributed by atoms with E-state index in [0.717, 1.165) is 5.56 Å². The fourth-order valence-electron chi connectivity index (χ4n) is 3.24. The van der Waals surface area contributed by atoms with Gasteiger partial charge < -0.3 is 20.7 Å². The van der Waals surface area contributed by atoms with Crippen LogP contribution >= 0.6 is 0 Å². The van der Waals surface area contributed by atoms with Crippen molar-refractivity contribution < 1.29 is 23.9 Å². The summed E-state index contributed by atoms with van der Waals surface area (Å²) in [5, 5.41) is 8.00. The summed E-state index contributed by atoms with van der Waals surface area (Å²) in [4.78, 5) is 49.3. The average molecular weight is 409 g/mol. The smallest absolute Gasteiger partial charge is 0.328 e. The Morgan fingerprint density at radius 2 is 1.77 bits per heavy atom. The Morgan fingerprint density at radius 3 is 2.50 bits per heavy atom. The molecule has 0 saturated carbocycles. The molecule has 30 heavy (non-hydrogen) atoms. The summed E-state index contributed by atoms with van der Waals surface area (Å²) in [6.45, 7) is 0. The lowest BCUT2D eigenvalue weighted by atomic mass is 10.1. The third-order valence-electron chi connectivity index (χ3n) is 4.82. The first-order valence-electron chi connectivity index (χ1n) is 9.60. The minimum absolute atomic E-state index is 0.0446. The fourth-order valence-corrected chi connectivity index (χ4v) is 3.24. The number of carbonyl (C=O) groups excluding carboxylic acids is 4. The van der Waals surface area contributed by atoms with Gasteiger partial charge in [0.2, 0.25) is 11.8 Å². The number of fused-ring (bicyclic) bond motifs is 1. The van der Waals surface area contributed by atoms with Crippen LogP contribution in [0.4, 0.5) is 5.69 Å². The Bertz CT molecular complexity index is 945. The van der Waals surface area contributed by atoms with Crippen LogP contribution in [-0.4, -0.2) is 42.9 Å². The third-order valence-corrected chi connectivity index (χ3v) is 4.82. The first-order chi connectivity index (χ1) is 14.5. The number of hydrogen-bond donors (Lipinski definition) is 3. The molecule has 3 N–H and O–H groups in total.